The quantitative estimate of drug-likeness (QED) is 0.790. The van der Waals surface area contributed by atoms with Crippen molar-refractivity contribution < 1.29 is 4.79 Å². The molecule has 1 aliphatic heterocycles. The third-order valence-corrected chi connectivity index (χ3v) is 3.13. The molecule has 0 fully saturated rings. The third kappa shape index (κ3) is 2.30. The summed E-state index contributed by atoms with van der Waals surface area (Å²) in [5, 5.41) is 5.80. The van der Waals surface area contributed by atoms with Gasteiger partial charge in [0.15, 0.2) is 0 Å². The lowest BCUT2D eigenvalue weighted by atomic mass is 9.90. The van der Waals surface area contributed by atoms with Crippen LogP contribution in [0.25, 0.3) is 0 Å². The number of rotatable bonds is 2. The average molecular weight is 231 g/mol. The molecule has 1 atom stereocenters. The van der Waals surface area contributed by atoms with Crippen LogP contribution in [0.4, 0.5) is 5.69 Å². The second-order valence-corrected chi connectivity index (χ2v) is 4.33. The van der Waals surface area contributed by atoms with Crippen molar-refractivity contribution in [2.24, 2.45) is 11.0 Å². The van der Waals surface area contributed by atoms with E-state index in [-0.39, 0.29) is 11.8 Å². The summed E-state index contributed by atoms with van der Waals surface area (Å²) >= 11 is 0. The topological polar surface area (TPSA) is 58.7 Å². The van der Waals surface area contributed by atoms with E-state index in [9.17, 15) is 4.79 Å². The molecule has 0 aliphatic carbocycles. The van der Waals surface area contributed by atoms with E-state index in [0.717, 1.165) is 23.4 Å². The zero-order valence-electron chi connectivity index (χ0n) is 10.2. The summed E-state index contributed by atoms with van der Waals surface area (Å²) in [7, 11) is 1.70. The number of anilines is 1. The molecule has 0 aromatic heterocycles. The minimum Gasteiger partial charge on any atom is -0.399 e. The average Bonchev–Trinajstić information content (AvgIpc) is 2.33. The van der Waals surface area contributed by atoms with Gasteiger partial charge in [0.2, 0.25) is 5.91 Å². The lowest BCUT2D eigenvalue weighted by molar-refractivity contribution is -0.131. The van der Waals surface area contributed by atoms with Crippen LogP contribution in [-0.4, -0.2) is 23.7 Å². The van der Waals surface area contributed by atoms with Crippen LogP contribution in [-0.2, 0) is 4.79 Å². The van der Waals surface area contributed by atoms with Crippen molar-refractivity contribution >= 4 is 17.3 Å². The van der Waals surface area contributed by atoms with Gasteiger partial charge in [-0.3, -0.25) is 4.79 Å². The molecular weight excluding hydrogens is 214 g/mol. The zero-order chi connectivity index (χ0) is 12.4. The van der Waals surface area contributed by atoms with Crippen molar-refractivity contribution in [3.05, 3.63) is 29.8 Å². The first kappa shape index (κ1) is 11.6. The third-order valence-electron chi connectivity index (χ3n) is 3.13. The minimum atomic E-state index is 0.0797. The molecule has 1 amide bonds. The number of carbonyl (C=O) groups excluding carboxylic acids is 1. The van der Waals surface area contributed by atoms with Gasteiger partial charge in [-0.1, -0.05) is 19.1 Å². The van der Waals surface area contributed by atoms with Gasteiger partial charge in [-0.25, -0.2) is 5.01 Å². The Bertz CT molecular complexity index is 450. The van der Waals surface area contributed by atoms with E-state index in [4.69, 9.17) is 5.73 Å². The zero-order valence-corrected chi connectivity index (χ0v) is 10.2. The highest BCUT2D eigenvalue weighted by Crippen LogP contribution is 2.23. The molecule has 90 valence electrons. The molecule has 4 nitrogen and oxygen atoms in total. The van der Waals surface area contributed by atoms with Crippen LogP contribution in [0.1, 0.15) is 25.3 Å². The van der Waals surface area contributed by atoms with E-state index < -0.39 is 0 Å². The van der Waals surface area contributed by atoms with Crippen LogP contribution in [0, 0.1) is 5.92 Å². The first-order valence-corrected chi connectivity index (χ1v) is 5.82. The van der Waals surface area contributed by atoms with Gasteiger partial charge in [0.05, 0.1) is 5.71 Å². The van der Waals surface area contributed by atoms with Gasteiger partial charge in [-0.05, 0) is 24.1 Å². The van der Waals surface area contributed by atoms with Crippen molar-refractivity contribution in [3.8, 4) is 0 Å². The van der Waals surface area contributed by atoms with Crippen molar-refractivity contribution in [2.75, 3.05) is 12.8 Å². The van der Waals surface area contributed by atoms with Crippen LogP contribution in [0.5, 0.6) is 0 Å². The highest BCUT2D eigenvalue weighted by Gasteiger charge is 2.26. The van der Waals surface area contributed by atoms with E-state index in [2.05, 4.69) is 12.0 Å². The predicted molar refractivity (Wildman–Crippen MR) is 68.6 cm³/mol. The Balaban J connectivity index is 2.37. The van der Waals surface area contributed by atoms with E-state index >= 15 is 0 Å². The number of amides is 1. The Morgan fingerprint density at radius 2 is 2.06 bits per heavy atom. The second kappa shape index (κ2) is 4.57. The van der Waals surface area contributed by atoms with Gasteiger partial charge in [-0.2, -0.15) is 5.10 Å². The normalized spacial score (nSPS) is 20.4. The van der Waals surface area contributed by atoms with Crippen LogP contribution in [0.15, 0.2) is 29.4 Å². The summed E-state index contributed by atoms with van der Waals surface area (Å²) in [5.74, 6) is 0.290. The van der Waals surface area contributed by atoms with E-state index in [0.29, 0.717) is 6.42 Å². The number of nitrogens with zero attached hydrogens (tertiary/aromatic N) is 2. The molecule has 1 aliphatic rings. The Morgan fingerprint density at radius 1 is 1.41 bits per heavy atom. The monoisotopic (exact) mass is 231 g/mol. The summed E-state index contributed by atoms with van der Waals surface area (Å²) in [6, 6.07) is 7.64. The maximum Gasteiger partial charge on any atom is 0.243 e. The number of benzene rings is 1. The number of hydrogen-bond donors (Lipinski definition) is 1. The Hall–Kier alpha value is -1.84. The van der Waals surface area contributed by atoms with Gasteiger partial charge >= 0.3 is 0 Å². The number of hydrazone groups is 1. The molecule has 0 saturated carbocycles. The molecule has 1 unspecified atom stereocenters. The smallest absolute Gasteiger partial charge is 0.243 e. The maximum atomic E-state index is 11.6. The summed E-state index contributed by atoms with van der Waals surface area (Å²) in [6.07, 6.45) is 1.46. The predicted octanol–water partition coefficient (Wildman–Crippen LogP) is 1.86. The van der Waals surface area contributed by atoms with E-state index in [1.54, 1.807) is 7.05 Å². The van der Waals surface area contributed by atoms with Gasteiger partial charge in [0.1, 0.15) is 0 Å². The molecule has 0 bridgehead atoms. The van der Waals surface area contributed by atoms with Crippen LogP contribution < -0.4 is 5.73 Å². The van der Waals surface area contributed by atoms with Crippen LogP contribution in [0.2, 0.25) is 0 Å². The first-order valence-electron chi connectivity index (χ1n) is 5.82. The SMILES string of the molecule is CCC1CC(=O)N(C)N=C1c1ccc(N)cc1. The summed E-state index contributed by atoms with van der Waals surface area (Å²) < 4.78 is 0. The highest BCUT2D eigenvalue weighted by atomic mass is 16.2. The number of nitrogen functional groups attached to an aromatic ring is 1. The van der Waals surface area contributed by atoms with Crippen molar-refractivity contribution in [2.45, 2.75) is 19.8 Å². The van der Waals surface area contributed by atoms with E-state index in [1.807, 2.05) is 24.3 Å². The molecule has 2 N–H and O–H groups in total. The molecule has 4 heteroatoms. The summed E-state index contributed by atoms with van der Waals surface area (Å²) in [4.78, 5) is 11.6. The van der Waals surface area contributed by atoms with Crippen LogP contribution >= 0.6 is 0 Å². The number of carbonyl (C=O) groups is 1. The van der Waals surface area contributed by atoms with Crippen molar-refractivity contribution in [3.63, 3.8) is 0 Å². The molecule has 1 aromatic carbocycles. The number of nitrogens with two attached hydrogens (primary N) is 1. The number of hydrogen-bond acceptors (Lipinski definition) is 3. The highest BCUT2D eigenvalue weighted by molar-refractivity contribution is 6.05. The standard InChI is InChI=1S/C13H17N3O/c1-3-9-8-12(17)16(2)15-13(9)10-4-6-11(14)7-5-10/h4-7,9H,3,8,14H2,1-2H3. The van der Waals surface area contributed by atoms with Gasteiger partial charge < -0.3 is 5.73 Å². The summed E-state index contributed by atoms with van der Waals surface area (Å²) in [5.41, 5.74) is 8.43. The van der Waals surface area contributed by atoms with E-state index in [1.165, 1.54) is 5.01 Å². The molecule has 0 radical (unpaired) electrons. The molecule has 1 aromatic rings. The lowest BCUT2D eigenvalue weighted by Gasteiger charge is -2.26. The fourth-order valence-corrected chi connectivity index (χ4v) is 2.02. The van der Waals surface area contributed by atoms with Gasteiger partial charge in [0.25, 0.3) is 0 Å². The molecule has 1 heterocycles. The minimum absolute atomic E-state index is 0.0797. The molecular formula is C13H17N3O. The first-order chi connectivity index (χ1) is 8.11. The summed E-state index contributed by atoms with van der Waals surface area (Å²) in [6.45, 7) is 2.08. The lowest BCUT2D eigenvalue weighted by Crippen LogP contribution is -2.34. The fourth-order valence-electron chi connectivity index (χ4n) is 2.02. The Labute approximate surface area is 101 Å². The Kier molecular flexibility index (Phi) is 3.13. The molecule has 0 spiro atoms. The molecule has 2 rings (SSSR count). The van der Waals surface area contributed by atoms with Crippen molar-refractivity contribution in [1.82, 2.24) is 5.01 Å². The fraction of sp³-hybridized carbons (Fsp3) is 0.385. The Morgan fingerprint density at radius 3 is 2.65 bits per heavy atom. The molecule has 17 heavy (non-hydrogen) atoms. The largest absolute Gasteiger partial charge is 0.399 e. The van der Waals surface area contributed by atoms with Gasteiger partial charge in [-0.15, -0.1) is 0 Å². The maximum absolute atomic E-state index is 11.6. The van der Waals surface area contributed by atoms with Gasteiger partial charge in [0, 0.05) is 25.1 Å². The van der Waals surface area contributed by atoms with Crippen molar-refractivity contribution in [1.29, 1.82) is 0 Å². The second-order valence-electron chi connectivity index (χ2n) is 4.33. The van der Waals surface area contributed by atoms with Crippen LogP contribution in [0.3, 0.4) is 0 Å². The molecule has 0 saturated heterocycles.